The number of hydrogen-bond acceptors (Lipinski definition) is 1. The Morgan fingerprint density at radius 3 is 2.60 bits per heavy atom. The zero-order valence-corrected chi connectivity index (χ0v) is 13.6. The largest absolute Gasteiger partial charge is 0.306 e. The molecule has 0 spiro atoms. The van der Waals surface area contributed by atoms with Gasteiger partial charge in [-0.2, -0.15) is 0 Å². The molecule has 0 aliphatic rings. The smallest absolute Gasteiger partial charge is 0.123 e. The molecule has 106 valence electrons. The fourth-order valence-electron chi connectivity index (χ4n) is 2.41. The first-order valence-corrected chi connectivity index (χ1v) is 7.58. The molecular formula is C17H19BrFN. The number of halogens is 2. The van der Waals surface area contributed by atoms with Crippen molar-refractivity contribution in [1.29, 1.82) is 0 Å². The van der Waals surface area contributed by atoms with Gasteiger partial charge in [-0.3, -0.25) is 0 Å². The van der Waals surface area contributed by atoms with Crippen LogP contribution in [0.1, 0.15) is 35.2 Å². The van der Waals surface area contributed by atoms with E-state index in [-0.39, 0.29) is 11.9 Å². The molecule has 1 nitrogen and oxygen atoms in total. The van der Waals surface area contributed by atoms with E-state index in [0.717, 1.165) is 16.6 Å². The Bertz CT molecular complexity index is 608. The Morgan fingerprint density at radius 1 is 1.15 bits per heavy atom. The number of nitrogens with one attached hydrogen (secondary N) is 1. The van der Waals surface area contributed by atoms with E-state index >= 15 is 0 Å². The Hall–Kier alpha value is -1.19. The van der Waals surface area contributed by atoms with Crippen LogP contribution in [0, 0.1) is 19.7 Å². The van der Waals surface area contributed by atoms with Crippen molar-refractivity contribution in [1.82, 2.24) is 5.32 Å². The van der Waals surface area contributed by atoms with Gasteiger partial charge in [-0.05, 0) is 60.8 Å². The average Bonchev–Trinajstić information content (AvgIpc) is 2.43. The lowest BCUT2D eigenvalue weighted by Gasteiger charge is -2.23. The molecule has 1 unspecified atom stereocenters. The zero-order valence-electron chi connectivity index (χ0n) is 12.0. The van der Waals surface area contributed by atoms with Crippen LogP contribution in [-0.4, -0.2) is 6.54 Å². The van der Waals surface area contributed by atoms with E-state index in [4.69, 9.17) is 0 Å². The summed E-state index contributed by atoms with van der Waals surface area (Å²) in [5, 5.41) is 3.45. The average molecular weight is 336 g/mol. The number of hydrogen-bond donors (Lipinski definition) is 1. The molecule has 1 N–H and O–H groups in total. The van der Waals surface area contributed by atoms with E-state index in [9.17, 15) is 4.39 Å². The summed E-state index contributed by atoms with van der Waals surface area (Å²) >= 11 is 3.53. The van der Waals surface area contributed by atoms with Crippen LogP contribution in [0.15, 0.2) is 40.9 Å². The van der Waals surface area contributed by atoms with Crippen LogP contribution in [0.3, 0.4) is 0 Å². The predicted octanol–water partition coefficient (Wildman–Crippen LogP) is 4.90. The fourth-order valence-corrected chi connectivity index (χ4v) is 2.89. The van der Waals surface area contributed by atoms with Gasteiger partial charge in [0.1, 0.15) is 5.82 Å². The van der Waals surface area contributed by atoms with Crippen LogP contribution in [0.2, 0.25) is 0 Å². The first-order valence-electron chi connectivity index (χ1n) is 6.79. The minimum atomic E-state index is -0.212. The summed E-state index contributed by atoms with van der Waals surface area (Å²) in [5.74, 6) is -0.212. The highest BCUT2D eigenvalue weighted by atomic mass is 79.9. The molecule has 3 heteroatoms. The van der Waals surface area contributed by atoms with Gasteiger partial charge in [0.25, 0.3) is 0 Å². The quantitative estimate of drug-likeness (QED) is 0.837. The maximum Gasteiger partial charge on any atom is 0.123 e. The number of rotatable bonds is 4. The molecule has 1 atom stereocenters. The van der Waals surface area contributed by atoms with E-state index in [2.05, 4.69) is 60.2 Å². The molecule has 20 heavy (non-hydrogen) atoms. The predicted molar refractivity (Wildman–Crippen MR) is 85.5 cm³/mol. The summed E-state index contributed by atoms with van der Waals surface area (Å²) in [6.07, 6.45) is 0. The minimum absolute atomic E-state index is 0.00928. The zero-order chi connectivity index (χ0) is 14.7. The molecule has 2 aromatic carbocycles. The summed E-state index contributed by atoms with van der Waals surface area (Å²) < 4.78 is 14.5. The second-order valence-corrected chi connectivity index (χ2v) is 5.80. The molecular weight excluding hydrogens is 317 g/mol. The van der Waals surface area contributed by atoms with Gasteiger partial charge in [-0.25, -0.2) is 4.39 Å². The maximum absolute atomic E-state index is 13.6. The van der Waals surface area contributed by atoms with Crippen molar-refractivity contribution in [2.45, 2.75) is 26.8 Å². The van der Waals surface area contributed by atoms with E-state index in [1.54, 1.807) is 12.1 Å². The molecule has 0 aliphatic carbocycles. The molecule has 0 amide bonds. The van der Waals surface area contributed by atoms with Crippen molar-refractivity contribution in [3.05, 3.63) is 68.9 Å². The standard InChI is InChI=1S/C17H19BrFN/c1-4-20-17(14-7-5-6-11(2)12(14)3)15-10-13(19)8-9-16(15)18/h5-10,17,20H,4H2,1-3H3. The van der Waals surface area contributed by atoms with Gasteiger partial charge < -0.3 is 5.32 Å². The van der Waals surface area contributed by atoms with Crippen LogP contribution < -0.4 is 5.32 Å². The van der Waals surface area contributed by atoms with Crippen LogP contribution in [0.5, 0.6) is 0 Å². The third-order valence-electron chi connectivity index (χ3n) is 3.63. The highest BCUT2D eigenvalue weighted by molar-refractivity contribution is 9.10. The topological polar surface area (TPSA) is 12.0 Å². The fraction of sp³-hybridized carbons (Fsp3) is 0.294. The van der Waals surface area contributed by atoms with Crippen molar-refractivity contribution < 1.29 is 4.39 Å². The highest BCUT2D eigenvalue weighted by Gasteiger charge is 2.18. The molecule has 0 heterocycles. The Labute approximate surface area is 128 Å². The van der Waals surface area contributed by atoms with E-state index in [1.165, 1.54) is 22.8 Å². The number of aryl methyl sites for hydroxylation is 1. The third kappa shape index (κ3) is 3.10. The van der Waals surface area contributed by atoms with Crippen LogP contribution in [-0.2, 0) is 0 Å². The molecule has 0 aliphatic heterocycles. The lowest BCUT2D eigenvalue weighted by atomic mass is 9.92. The monoisotopic (exact) mass is 335 g/mol. The molecule has 0 fully saturated rings. The van der Waals surface area contributed by atoms with Crippen LogP contribution in [0.25, 0.3) is 0 Å². The van der Waals surface area contributed by atoms with Crippen molar-refractivity contribution in [3.8, 4) is 0 Å². The van der Waals surface area contributed by atoms with Gasteiger partial charge in [0.15, 0.2) is 0 Å². The molecule has 0 saturated carbocycles. The van der Waals surface area contributed by atoms with Crippen molar-refractivity contribution in [2.75, 3.05) is 6.54 Å². The first-order chi connectivity index (χ1) is 9.54. The second kappa shape index (κ2) is 6.51. The van der Waals surface area contributed by atoms with Crippen molar-refractivity contribution >= 4 is 15.9 Å². The second-order valence-electron chi connectivity index (χ2n) is 4.95. The minimum Gasteiger partial charge on any atom is -0.306 e. The SMILES string of the molecule is CCNC(c1cc(F)ccc1Br)c1cccc(C)c1C. The highest BCUT2D eigenvalue weighted by Crippen LogP contribution is 2.31. The molecule has 0 radical (unpaired) electrons. The van der Waals surface area contributed by atoms with Gasteiger partial charge in [-0.15, -0.1) is 0 Å². The maximum atomic E-state index is 13.6. The summed E-state index contributed by atoms with van der Waals surface area (Å²) in [4.78, 5) is 0. The normalized spacial score (nSPS) is 12.4. The van der Waals surface area contributed by atoms with Crippen LogP contribution in [0.4, 0.5) is 4.39 Å². The van der Waals surface area contributed by atoms with E-state index < -0.39 is 0 Å². The first kappa shape index (κ1) is 15.2. The summed E-state index contributed by atoms with van der Waals surface area (Å²) in [6, 6.07) is 11.1. The Balaban J connectivity index is 2.56. The van der Waals surface area contributed by atoms with E-state index in [1.807, 2.05) is 0 Å². The molecule has 0 bridgehead atoms. The molecule has 0 saturated heterocycles. The van der Waals surface area contributed by atoms with Gasteiger partial charge >= 0.3 is 0 Å². The van der Waals surface area contributed by atoms with Crippen LogP contribution >= 0.6 is 15.9 Å². The lowest BCUT2D eigenvalue weighted by Crippen LogP contribution is -2.23. The van der Waals surface area contributed by atoms with Gasteiger partial charge in [-0.1, -0.05) is 41.1 Å². The molecule has 2 aromatic rings. The Morgan fingerprint density at radius 2 is 1.90 bits per heavy atom. The van der Waals surface area contributed by atoms with Crippen molar-refractivity contribution in [2.24, 2.45) is 0 Å². The lowest BCUT2D eigenvalue weighted by molar-refractivity contribution is 0.599. The molecule has 2 rings (SSSR count). The van der Waals surface area contributed by atoms with E-state index in [0.29, 0.717) is 0 Å². The molecule has 0 aromatic heterocycles. The van der Waals surface area contributed by atoms with Crippen molar-refractivity contribution in [3.63, 3.8) is 0 Å². The summed E-state index contributed by atoms with van der Waals surface area (Å²) in [5.41, 5.74) is 4.62. The van der Waals surface area contributed by atoms with Gasteiger partial charge in [0, 0.05) is 4.47 Å². The number of benzene rings is 2. The summed E-state index contributed by atoms with van der Waals surface area (Å²) in [7, 11) is 0. The Kier molecular flexibility index (Phi) is 4.95. The summed E-state index contributed by atoms with van der Waals surface area (Å²) in [6.45, 7) is 7.09. The van der Waals surface area contributed by atoms with Gasteiger partial charge in [0.2, 0.25) is 0 Å². The third-order valence-corrected chi connectivity index (χ3v) is 4.36. The van der Waals surface area contributed by atoms with Gasteiger partial charge in [0.05, 0.1) is 6.04 Å².